The van der Waals surface area contributed by atoms with Gasteiger partial charge in [-0.15, -0.1) is 11.3 Å². The van der Waals surface area contributed by atoms with Crippen molar-refractivity contribution in [1.82, 2.24) is 4.98 Å². The molecule has 0 bridgehead atoms. The molecule has 0 unspecified atom stereocenters. The Kier molecular flexibility index (Phi) is 3.85. The van der Waals surface area contributed by atoms with Crippen LogP contribution in [0, 0.1) is 6.92 Å². The lowest BCUT2D eigenvalue weighted by Gasteiger charge is -2.04. The zero-order valence-electron chi connectivity index (χ0n) is 10.9. The van der Waals surface area contributed by atoms with E-state index in [4.69, 9.17) is 0 Å². The van der Waals surface area contributed by atoms with E-state index in [0.29, 0.717) is 0 Å². The number of hydrogen-bond acceptors (Lipinski definition) is 3. The monoisotopic (exact) mass is 344 g/mol. The molecule has 0 saturated heterocycles. The first kappa shape index (κ1) is 13.3. The SMILES string of the molecule is Cc1ccc(-c2csc(Nc3ccccc3Br)n2)cc1. The van der Waals surface area contributed by atoms with Crippen molar-refractivity contribution in [2.45, 2.75) is 6.92 Å². The molecule has 0 atom stereocenters. The van der Waals surface area contributed by atoms with Gasteiger partial charge in [0.05, 0.1) is 11.4 Å². The lowest BCUT2D eigenvalue weighted by molar-refractivity contribution is 1.37. The third kappa shape index (κ3) is 2.92. The van der Waals surface area contributed by atoms with Gasteiger partial charge in [-0.1, -0.05) is 42.0 Å². The first-order valence-corrected chi connectivity index (χ1v) is 7.94. The van der Waals surface area contributed by atoms with Crippen LogP contribution in [0.3, 0.4) is 0 Å². The quantitative estimate of drug-likeness (QED) is 0.666. The van der Waals surface area contributed by atoms with Crippen LogP contribution in [0.25, 0.3) is 11.3 Å². The number of hydrogen-bond donors (Lipinski definition) is 1. The molecule has 0 fully saturated rings. The Morgan fingerprint density at radius 2 is 1.80 bits per heavy atom. The van der Waals surface area contributed by atoms with Gasteiger partial charge in [0, 0.05) is 15.4 Å². The number of nitrogens with zero attached hydrogens (tertiary/aromatic N) is 1. The van der Waals surface area contributed by atoms with Crippen molar-refractivity contribution in [3.8, 4) is 11.3 Å². The molecule has 0 radical (unpaired) electrons. The van der Waals surface area contributed by atoms with Crippen molar-refractivity contribution in [2.24, 2.45) is 0 Å². The predicted molar refractivity (Wildman–Crippen MR) is 89.7 cm³/mol. The molecule has 0 saturated carbocycles. The topological polar surface area (TPSA) is 24.9 Å². The molecule has 100 valence electrons. The Bertz CT molecular complexity index is 719. The Balaban J connectivity index is 1.84. The zero-order valence-corrected chi connectivity index (χ0v) is 13.3. The fraction of sp³-hybridized carbons (Fsp3) is 0.0625. The summed E-state index contributed by atoms with van der Waals surface area (Å²) in [6.07, 6.45) is 0. The van der Waals surface area contributed by atoms with Gasteiger partial charge in [-0.3, -0.25) is 0 Å². The van der Waals surface area contributed by atoms with Crippen LogP contribution >= 0.6 is 27.3 Å². The van der Waals surface area contributed by atoms with Gasteiger partial charge in [-0.05, 0) is 35.0 Å². The maximum Gasteiger partial charge on any atom is 0.187 e. The molecule has 2 aromatic carbocycles. The Hall–Kier alpha value is -1.65. The summed E-state index contributed by atoms with van der Waals surface area (Å²) < 4.78 is 1.03. The molecular formula is C16H13BrN2S. The number of benzene rings is 2. The molecule has 0 aliphatic heterocycles. The summed E-state index contributed by atoms with van der Waals surface area (Å²) in [5, 5.41) is 6.30. The number of para-hydroxylation sites is 1. The molecule has 2 nitrogen and oxygen atoms in total. The summed E-state index contributed by atoms with van der Waals surface area (Å²) >= 11 is 5.14. The van der Waals surface area contributed by atoms with Crippen LogP contribution in [0.5, 0.6) is 0 Å². The molecule has 1 aromatic heterocycles. The molecular weight excluding hydrogens is 332 g/mol. The second-order valence-corrected chi connectivity index (χ2v) is 6.22. The average molecular weight is 345 g/mol. The van der Waals surface area contributed by atoms with E-state index in [9.17, 15) is 0 Å². The summed E-state index contributed by atoms with van der Waals surface area (Å²) in [7, 11) is 0. The second-order valence-electron chi connectivity index (χ2n) is 4.51. The summed E-state index contributed by atoms with van der Waals surface area (Å²) in [5.41, 5.74) is 4.43. The summed E-state index contributed by atoms with van der Waals surface area (Å²) in [6.45, 7) is 2.09. The molecule has 3 rings (SSSR count). The van der Waals surface area contributed by atoms with Gasteiger partial charge in [-0.25, -0.2) is 4.98 Å². The number of aryl methyl sites for hydroxylation is 1. The number of thiazole rings is 1. The van der Waals surface area contributed by atoms with Crippen molar-refractivity contribution in [3.63, 3.8) is 0 Å². The predicted octanol–water partition coefficient (Wildman–Crippen LogP) is 5.62. The van der Waals surface area contributed by atoms with Crippen molar-refractivity contribution in [3.05, 3.63) is 63.9 Å². The lowest BCUT2D eigenvalue weighted by Crippen LogP contribution is -1.90. The first-order valence-electron chi connectivity index (χ1n) is 6.26. The van der Waals surface area contributed by atoms with E-state index in [2.05, 4.69) is 62.8 Å². The fourth-order valence-electron chi connectivity index (χ4n) is 1.87. The largest absolute Gasteiger partial charge is 0.331 e. The van der Waals surface area contributed by atoms with Crippen molar-refractivity contribution in [2.75, 3.05) is 5.32 Å². The van der Waals surface area contributed by atoms with Gasteiger partial charge >= 0.3 is 0 Å². The normalized spacial score (nSPS) is 10.5. The molecule has 1 N–H and O–H groups in total. The average Bonchev–Trinajstić information content (AvgIpc) is 2.91. The minimum atomic E-state index is 0.896. The van der Waals surface area contributed by atoms with Gasteiger partial charge < -0.3 is 5.32 Å². The van der Waals surface area contributed by atoms with E-state index in [1.54, 1.807) is 11.3 Å². The van der Waals surface area contributed by atoms with Crippen LogP contribution in [0.1, 0.15) is 5.56 Å². The molecule has 4 heteroatoms. The molecule has 20 heavy (non-hydrogen) atoms. The standard InChI is InChI=1S/C16H13BrN2S/c1-11-6-8-12(9-7-11)15-10-20-16(19-15)18-14-5-3-2-4-13(14)17/h2-10H,1H3,(H,18,19). The van der Waals surface area contributed by atoms with E-state index in [1.807, 2.05) is 24.3 Å². The van der Waals surface area contributed by atoms with Crippen molar-refractivity contribution >= 4 is 38.1 Å². The number of rotatable bonds is 3. The highest BCUT2D eigenvalue weighted by atomic mass is 79.9. The van der Waals surface area contributed by atoms with Gasteiger partial charge in [-0.2, -0.15) is 0 Å². The van der Waals surface area contributed by atoms with Crippen molar-refractivity contribution in [1.29, 1.82) is 0 Å². The van der Waals surface area contributed by atoms with E-state index in [0.717, 1.165) is 26.5 Å². The zero-order chi connectivity index (χ0) is 13.9. The van der Waals surface area contributed by atoms with Crippen LogP contribution in [-0.4, -0.2) is 4.98 Å². The lowest BCUT2D eigenvalue weighted by atomic mass is 10.1. The minimum Gasteiger partial charge on any atom is -0.331 e. The molecule has 0 amide bonds. The second kappa shape index (κ2) is 5.77. The molecule has 3 aromatic rings. The highest BCUT2D eigenvalue weighted by molar-refractivity contribution is 9.10. The highest BCUT2D eigenvalue weighted by Crippen LogP contribution is 2.30. The number of aromatic nitrogens is 1. The third-order valence-electron chi connectivity index (χ3n) is 2.97. The first-order chi connectivity index (χ1) is 9.72. The van der Waals surface area contributed by atoms with E-state index < -0.39 is 0 Å². The van der Waals surface area contributed by atoms with Crippen LogP contribution in [0.15, 0.2) is 58.4 Å². The summed E-state index contributed by atoms with van der Waals surface area (Å²) in [5.74, 6) is 0. The minimum absolute atomic E-state index is 0.896. The molecule has 0 aliphatic carbocycles. The smallest absolute Gasteiger partial charge is 0.187 e. The van der Waals surface area contributed by atoms with Gasteiger partial charge in [0.1, 0.15) is 0 Å². The van der Waals surface area contributed by atoms with Gasteiger partial charge in [0.2, 0.25) is 0 Å². The summed E-state index contributed by atoms with van der Waals surface area (Å²) in [6, 6.07) is 16.5. The number of nitrogens with one attached hydrogen (secondary N) is 1. The Morgan fingerprint density at radius 1 is 1.05 bits per heavy atom. The number of anilines is 2. The number of halogens is 1. The Morgan fingerprint density at radius 3 is 2.55 bits per heavy atom. The molecule has 0 aliphatic rings. The molecule has 1 heterocycles. The van der Waals surface area contributed by atoms with Crippen LogP contribution in [0.4, 0.5) is 10.8 Å². The highest BCUT2D eigenvalue weighted by Gasteiger charge is 2.06. The third-order valence-corrected chi connectivity index (χ3v) is 4.42. The van der Waals surface area contributed by atoms with Crippen LogP contribution < -0.4 is 5.32 Å². The van der Waals surface area contributed by atoms with Gasteiger partial charge in [0.25, 0.3) is 0 Å². The van der Waals surface area contributed by atoms with Crippen LogP contribution in [-0.2, 0) is 0 Å². The maximum absolute atomic E-state index is 4.63. The van der Waals surface area contributed by atoms with E-state index in [-0.39, 0.29) is 0 Å². The maximum atomic E-state index is 4.63. The molecule has 0 spiro atoms. The summed E-state index contributed by atoms with van der Waals surface area (Å²) in [4.78, 5) is 4.63. The Labute approximate surface area is 130 Å². The van der Waals surface area contributed by atoms with Gasteiger partial charge in [0.15, 0.2) is 5.13 Å². The fourth-order valence-corrected chi connectivity index (χ4v) is 2.98. The van der Waals surface area contributed by atoms with Crippen molar-refractivity contribution < 1.29 is 0 Å². The van der Waals surface area contributed by atoms with E-state index in [1.165, 1.54) is 5.56 Å². The van der Waals surface area contributed by atoms with Crippen LogP contribution in [0.2, 0.25) is 0 Å². The van der Waals surface area contributed by atoms with E-state index >= 15 is 0 Å².